The van der Waals surface area contributed by atoms with Gasteiger partial charge in [0.1, 0.15) is 11.9 Å². The van der Waals surface area contributed by atoms with Crippen LogP contribution in [0.2, 0.25) is 10.0 Å². The van der Waals surface area contributed by atoms with Crippen LogP contribution < -0.4 is 5.32 Å². The number of halogens is 3. The second-order valence-corrected chi connectivity index (χ2v) is 7.88. The van der Waals surface area contributed by atoms with Gasteiger partial charge in [0, 0.05) is 12.6 Å². The van der Waals surface area contributed by atoms with E-state index in [0.29, 0.717) is 15.6 Å². The van der Waals surface area contributed by atoms with Crippen molar-refractivity contribution in [3.8, 4) is 0 Å². The molecule has 0 saturated heterocycles. The maximum Gasteiger partial charge on any atom is 0.242 e. The molecule has 0 aliphatic carbocycles. The van der Waals surface area contributed by atoms with Crippen molar-refractivity contribution in [1.82, 2.24) is 10.2 Å². The van der Waals surface area contributed by atoms with Crippen LogP contribution in [0.1, 0.15) is 38.3 Å². The van der Waals surface area contributed by atoms with Gasteiger partial charge in [-0.2, -0.15) is 0 Å². The van der Waals surface area contributed by atoms with Crippen molar-refractivity contribution >= 4 is 35.0 Å². The fourth-order valence-electron chi connectivity index (χ4n) is 2.76. The minimum Gasteiger partial charge on any atom is -0.352 e. The highest BCUT2D eigenvalue weighted by Crippen LogP contribution is 2.24. The van der Waals surface area contributed by atoms with Gasteiger partial charge in [-0.05, 0) is 55.7 Å². The first-order valence-electron chi connectivity index (χ1n) is 9.49. The molecule has 0 aliphatic rings. The van der Waals surface area contributed by atoms with Gasteiger partial charge in [-0.15, -0.1) is 0 Å². The molecule has 0 heterocycles. The smallest absolute Gasteiger partial charge is 0.242 e. The zero-order valence-corrected chi connectivity index (χ0v) is 18.2. The van der Waals surface area contributed by atoms with Gasteiger partial charge in [-0.3, -0.25) is 9.59 Å². The summed E-state index contributed by atoms with van der Waals surface area (Å²) in [5.41, 5.74) is 1.43. The molecular weight excluding hydrogens is 414 g/mol. The molecule has 29 heavy (non-hydrogen) atoms. The van der Waals surface area contributed by atoms with Crippen LogP contribution in [0.15, 0.2) is 42.5 Å². The first-order valence-corrected chi connectivity index (χ1v) is 10.2. The molecule has 0 aromatic heterocycles. The van der Waals surface area contributed by atoms with Crippen LogP contribution in [-0.2, 0) is 22.6 Å². The highest BCUT2D eigenvalue weighted by atomic mass is 35.5. The maximum atomic E-state index is 13.2. The SMILES string of the molecule is CCC(C)NC(=O)C(C)N(Cc1ccc(Cl)c(Cl)c1)C(=O)Cc1ccc(F)cc1. The fourth-order valence-corrected chi connectivity index (χ4v) is 3.08. The third-order valence-electron chi connectivity index (χ3n) is 4.77. The lowest BCUT2D eigenvalue weighted by molar-refractivity contribution is -0.140. The molecule has 2 unspecified atom stereocenters. The van der Waals surface area contributed by atoms with Crippen LogP contribution in [0.25, 0.3) is 0 Å². The van der Waals surface area contributed by atoms with E-state index in [4.69, 9.17) is 23.2 Å². The van der Waals surface area contributed by atoms with E-state index >= 15 is 0 Å². The number of rotatable bonds is 8. The van der Waals surface area contributed by atoms with Crippen LogP contribution in [-0.4, -0.2) is 28.8 Å². The lowest BCUT2D eigenvalue weighted by atomic mass is 10.1. The van der Waals surface area contributed by atoms with Gasteiger partial charge in [0.2, 0.25) is 11.8 Å². The van der Waals surface area contributed by atoms with Gasteiger partial charge in [-0.25, -0.2) is 4.39 Å². The van der Waals surface area contributed by atoms with Gasteiger partial charge in [0.15, 0.2) is 0 Å². The minimum absolute atomic E-state index is 0.00368. The molecule has 0 aliphatic heterocycles. The number of hydrogen-bond donors (Lipinski definition) is 1. The molecular formula is C22H25Cl2FN2O2. The largest absolute Gasteiger partial charge is 0.352 e. The van der Waals surface area contributed by atoms with Crippen molar-refractivity contribution in [2.24, 2.45) is 0 Å². The summed E-state index contributed by atoms with van der Waals surface area (Å²) >= 11 is 12.1. The summed E-state index contributed by atoms with van der Waals surface area (Å²) in [5, 5.41) is 3.71. The predicted octanol–water partition coefficient (Wildman–Crippen LogP) is 5.01. The van der Waals surface area contributed by atoms with E-state index in [9.17, 15) is 14.0 Å². The summed E-state index contributed by atoms with van der Waals surface area (Å²) in [7, 11) is 0. The van der Waals surface area contributed by atoms with Crippen molar-refractivity contribution in [2.45, 2.75) is 52.2 Å². The van der Waals surface area contributed by atoms with Crippen LogP contribution in [0.5, 0.6) is 0 Å². The average molecular weight is 439 g/mol. The number of benzene rings is 2. The third kappa shape index (κ3) is 6.72. The van der Waals surface area contributed by atoms with Gasteiger partial charge >= 0.3 is 0 Å². The molecule has 156 valence electrons. The van der Waals surface area contributed by atoms with Crippen molar-refractivity contribution in [3.05, 3.63) is 69.5 Å². The molecule has 2 aromatic rings. The van der Waals surface area contributed by atoms with Gasteiger partial charge in [-0.1, -0.05) is 48.3 Å². The van der Waals surface area contributed by atoms with E-state index in [1.165, 1.54) is 17.0 Å². The number of amides is 2. The Labute approximate surface area is 181 Å². The van der Waals surface area contributed by atoms with Crippen molar-refractivity contribution in [3.63, 3.8) is 0 Å². The second kappa shape index (κ2) is 10.6. The summed E-state index contributed by atoms with van der Waals surface area (Å²) in [6.45, 7) is 5.78. The zero-order chi connectivity index (χ0) is 21.6. The topological polar surface area (TPSA) is 49.4 Å². The summed E-state index contributed by atoms with van der Waals surface area (Å²) in [6.07, 6.45) is 0.845. The Bertz CT molecular complexity index is 858. The van der Waals surface area contributed by atoms with E-state index in [0.717, 1.165) is 12.0 Å². The van der Waals surface area contributed by atoms with E-state index in [1.807, 2.05) is 13.8 Å². The average Bonchev–Trinajstić information content (AvgIpc) is 2.69. The highest BCUT2D eigenvalue weighted by Gasteiger charge is 2.27. The molecule has 0 saturated carbocycles. The van der Waals surface area contributed by atoms with E-state index in [-0.39, 0.29) is 36.6 Å². The Morgan fingerprint density at radius 1 is 1.03 bits per heavy atom. The Morgan fingerprint density at radius 2 is 1.66 bits per heavy atom. The number of nitrogens with zero attached hydrogens (tertiary/aromatic N) is 1. The molecule has 0 spiro atoms. The zero-order valence-electron chi connectivity index (χ0n) is 16.7. The van der Waals surface area contributed by atoms with E-state index < -0.39 is 6.04 Å². The number of nitrogens with one attached hydrogen (secondary N) is 1. The first-order chi connectivity index (χ1) is 13.7. The van der Waals surface area contributed by atoms with Crippen LogP contribution in [0, 0.1) is 5.82 Å². The Balaban J connectivity index is 2.25. The lowest BCUT2D eigenvalue weighted by Crippen LogP contribution is -2.49. The summed E-state index contributed by atoms with van der Waals surface area (Å²) in [5.74, 6) is -0.837. The molecule has 1 N–H and O–H groups in total. The molecule has 2 aromatic carbocycles. The number of carbonyl (C=O) groups is 2. The summed E-state index contributed by atoms with van der Waals surface area (Å²) < 4.78 is 13.2. The van der Waals surface area contributed by atoms with E-state index in [2.05, 4.69) is 5.32 Å². The maximum absolute atomic E-state index is 13.2. The molecule has 0 fully saturated rings. The molecule has 0 bridgehead atoms. The molecule has 2 rings (SSSR count). The monoisotopic (exact) mass is 438 g/mol. The number of carbonyl (C=O) groups excluding carboxylic acids is 2. The fraction of sp³-hybridized carbons (Fsp3) is 0.364. The lowest BCUT2D eigenvalue weighted by Gasteiger charge is -2.30. The Hall–Kier alpha value is -2.11. The first kappa shape index (κ1) is 23.2. The normalized spacial score (nSPS) is 12.9. The van der Waals surface area contributed by atoms with Crippen LogP contribution in [0.3, 0.4) is 0 Å². The Kier molecular flexibility index (Phi) is 8.47. The molecule has 2 atom stereocenters. The van der Waals surface area contributed by atoms with Gasteiger partial charge in [0.25, 0.3) is 0 Å². The standard InChI is InChI=1S/C22H25Cl2FN2O2/c1-4-14(2)26-22(29)15(3)27(13-17-7-10-19(23)20(24)11-17)21(28)12-16-5-8-18(25)9-6-16/h5-11,14-15H,4,12-13H2,1-3H3,(H,26,29). The number of hydrogen-bond acceptors (Lipinski definition) is 2. The molecule has 7 heteroatoms. The quantitative estimate of drug-likeness (QED) is 0.629. The Morgan fingerprint density at radius 3 is 2.24 bits per heavy atom. The molecule has 4 nitrogen and oxygen atoms in total. The third-order valence-corrected chi connectivity index (χ3v) is 5.51. The van der Waals surface area contributed by atoms with Gasteiger partial charge in [0.05, 0.1) is 16.5 Å². The van der Waals surface area contributed by atoms with Crippen molar-refractivity contribution in [2.75, 3.05) is 0 Å². The van der Waals surface area contributed by atoms with Crippen molar-refractivity contribution < 1.29 is 14.0 Å². The van der Waals surface area contributed by atoms with E-state index in [1.54, 1.807) is 37.3 Å². The highest BCUT2D eigenvalue weighted by molar-refractivity contribution is 6.42. The summed E-state index contributed by atoms with van der Waals surface area (Å²) in [4.78, 5) is 27.2. The van der Waals surface area contributed by atoms with Gasteiger partial charge < -0.3 is 10.2 Å². The molecule has 2 amide bonds. The van der Waals surface area contributed by atoms with Crippen LogP contribution in [0.4, 0.5) is 4.39 Å². The second-order valence-electron chi connectivity index (χ2n) is 7.07. The van der Waals surface area contributed by atoms with Crippen molar-refractivity contribution in [1.29, 1.82) is 0 Å². The summed E-state index contributed by atoms with van der Waals surface area (Å²) in [6, 6.07) is 10.2. The van der Waals surface area contributed by atoms with Crippen LogP contribution >= 0.6 is 23.2 Å². The minimum atomic E-state index is -0.689. The predicted molar refractivity (Wildman–Crippen MR) is 114 cm³/mol. The molecule has 0 radical (unpaired) electrons.